The number of nitrogens with zero attached hydrogens (tertiary/aromatic N) is 3. The molecule has 1 unspecified atom stereocenters. The van der Waals surface area contributed by atoms with Crippen LogP contribution in [0, 0.1) is 0 Å². The molecule has 3 aromatic rings. The Morgan fingerprint density at radius 3 is 2.62 bits per heavy atom. The summed E-state index contributed by atoms with van der Waals surface area (Å²) in [5, 5.41) is 7.69. The first-order valence-electron chi connectivity index (χ1n) is 9.47. The van der Waals surface area contributed by atoms with E-state index in [1.54, 1.807) is 29.2 Å². The number of hydrogen-bond donors (Lipinski definition) is 1. The van der Waals surface area contributed by atoms with Gasteiger partial charge in [0.1, 0.15) is 0 Å². The maximum atomic E-state index is 12.9. The lowest BCUT2D eigenvalue weighted by Crippen LogP contribution is -2.28. The van der Waals surface area contributed by atoms with E-state index in [-0.39, 0.29) is 17.7 Å². The fourth-order valence-corrected chi connectivity index (χ4v) is 3.97. The van der Waals surface area contributed by atoms with E-state index in [1.165, 1.54) is 6.92 Å². The summed E-state index contributed by atoms with van der Waals surface area (Å²) in [6.45, 7) is 2.84. The number of anilines is 1. The second-order valence-corrected chi connectivity index (χ2v) is 7.57. The normalized spacial score (nSPS) is 16.1. The summed E-state index contributed by atoms with van der Waals surface area (Å²) in [6.07, 6.45) is 4.22. The molecule has 6 nitrogen and oxygen atoms in total. The highest BCUT2D eigenvalue weighted by Gasteiger charge is 2.29. The number of carbonyl (C=O) groups excluding carboxylic acids is 2. The van der Waals surface area contributed by atoms with Crippen molar-refractivity contribution in [1.82, 2.24) is 14.7 Å². The fraction of sp³-hybridized carbons (Fsp3) is 0.227. The summed E-state index contributed by atoms with van der Waals surface area (Å²) in [4.78, 5) is 25.9. The molecule has 29 heavy (non-hydrogen) atoms. The van der Waals surface area contributed by atoms with Crippen LogP contribution >= 0.6 is 11.6 Å². The molecular weight excluding hydrogens is 388 g/mol. The van der Waals surface area contributed by atoms with Crippen molar-refractivity contribution in [1.29, 1.82) is 0 Å². The Hall–Kier alpha value is -3.12. The molecule has 2 aromatic carbocycles. The van der Waals surface area contributed by atoms with Crippen LogP contribution in [0.3, 0.4) is 0 Å². The molecule has 0 saturated carbocycles. The van der Waals surface area contributed by atoms with Crippen molar-refractivity contribution in [2.24, 2.45) is 0 Å². The second kappa shape index (κ2) is 8.09. The number of rotatable bonds is 4. The molecule has 0 radical (unpaired) electrons. The van der Waals surface area contributed by atoms with Crippen molar-refractivity contribution in [3.63, 3.8) is 0 Å². The van der Waals surface area contributed by atoms with E-state index in [0.717, 1.165) is 29.2 Å². The third kappa shape index (κ3) is 4.17. The van der Waals surface area contributed by atoms with Crippen LogP contribution in [0.5, 0.6) is 0 Å². The molecule has 1 fully saturated rings. The van der Waals surface area contributed by atoms with Gasteiger partial charge in [0.25, 0.3) is 5.91 Å². The fourth-order valence-electron chi connectivity index (χ4n) is 3.68. The molecule has 1 saturated heterocycles. The van der Waals surface area contributed by atoms with Crippen LogP contribution in [0.1, 0.15) is 35.2 Å². The van der Waals surface area contributed by atoms with E-state index in [4.69, 9.17) is 11.6 Å². The molecule has 2 heterocycles. The molecule has 7 heteroatoms. The van der Waals surface area contributed by atoms with Crippen LogP contribution in [0.2, 0.25) is 5.02 Å². The van der Waals surface area contributed by atoms with Crippen molar-refractivity contribution in [3.05, 3.63) is 77.1 Å². The van der Waals surface area contributed by atoms with Crippen molar-refractivity contribution >= 4 is 29.1 Å². The number of halogens is 1. The van der Waals surface area contributed by atoms with Gasteiger partial charge in [0.2, 0.25) is 5.91 Å². The number of likely N-dealkylation sites (tertiary alicyclic amines) is 1. The van der Waals surface area contributed by atoms with Gasteiger partial charge in [-0.3, -0.25) is 9.59 Å². The number of aromatic nitrogens is 2. The molecule has 1 aliphatic rings. The van der Waals surface area contributed by atoms with Gasteiger partial charge < -0.3 is 10.2 Å². The molecular formula is C22H21ClN4O2. The van der Waals surface area contributed by atoms with Crippen LogP contribution in [0.15, 0.2) is 60.9 Å². The molecule has 1 N–H and O–H groups in total. The van der Waals surface area contributed by atoms with E-state index in [0.29, 0.717) is 17.8 Å². The molecule has 0 aliphatic carbocycles. The Bertz CT molecular complexity index is 1040. The van der Waals surface area contributed by atoms with E-state index < -0.39 is 0 Å². The Morgan fingerprint density at radius 2 is 1.90 bits per heavy atom. The molecule has 1 atom stereocenters. The number of carbonyl (C=O) groups is 2. The van der Waals surface area contributed by atoms with Crippen molar-refractivity contribution in [3.8, 4) is 5.69 Å². The highest BCUT2D eigenvalue weighted by atomic mass is 35.5. The van der Waals surface area contributed by atoms with Crippen molar-refractivity contribution < 1.29 is 9.59 Å². The summed E-state index contributed by atoms with van der Waals surface area (Å²) >= 11 is 6.32. The number of benzene rings is 2. The minimum absolute atomic E-state index is 0.0190. The first-order chi connectivity index (χ1) is 14.0. The minimum atomic E-state index is -0.147. The summed E-state index contributed by atoms with van der Waals surface area (Å²) < 4.78 is 1.66. The van der Waals surface area contributed by atoms with Gasteiger partial charge in [-0.15, -0.1) is 0 Å². The zero-order valence-electron chi connectivity index (χ0n) is 16.0. The Morgan fingerprint density at radius 1 is 1.14 bits per heavy atom. The van der Waals surface area contributed by atoms with Crippen molar-refractivity contribution in [2.45, 2.75) is 19.3 Å². The van der Waals surface area contributed by atoms with Gasteiger partial charge in [-0.05, 0) is 42.3 Å². The lowest BCUT2D eigenvalue weighted by atomic mass is 9.98. The SMILES string of the molecule is CC(=O)Nc1cnn(-c2ccc(C(=O)N3CCC(c4ccccc4Cl)C3)cc2)c1. The lowest BCUT2D eigenvalue weighted by Gasteiger charge is -2.17. The third-order valence-electron chi connectivity index (χ3n) is 5.10. The van der Waals surface area contributed by atoms with E-state index >= 15 is 0 Å². The van der Waals surface area contributed by atoms with E-state index in [1.807, 2.05) is 41.3 Å². The van der Waals surface area contributed by atoms with Gasteiger partial charge in [-0.25, -0.2) is 4.68 Å². The molecule has 1 aromatic heterocycles. The first-order valence-corrected chi connectivity index (χ1v) is 9.85. The largest absolute Gasteiger partial charge is 0.338 e. The zero-order chi connectivity index (χ0) is 20.4. The van der Waals surface area contributed by atoms with E-state index in [2.05, 4.69) is 10.4 Å². The topological polar surface area (TPSA) is 67.2 Å². The van der Waals surface area contributed by atoms with Crippen LogP contribution < -0.4 is 5.32 Å². The Balaban J connectivity index is 1.44. The molecule has 0 spiro atoms. The maximum Gasteiger partial charge on any atom is 0.253 e. The lowest BCUT2D eigenvalue weighted by molar-refractivity contribution is -0.114. The van der Waals surface area contributed by atoms with Crippen LogP contribution in [0.4, 0.5) is 5.69 Å². The standard InChI is InChI=1S/C22H21ClN4O2/c1-15(28)25-18-12-24-27(14-18)19-8-6-16(7-9-19)22(29)26-11-10-17(13-26)20-4-2-3-5-21(20)23/h2-9,12,14,17H,10-11,13H2,1H3,(H,25,28). The van der Waals surface area contributed by atoms with Crippen LogP contribution in [0.25, 0.3) is 5.69 Å². The van der Waals surface area contributed by atoms with Gasteiger partial charge in [0.05, 0.1) is 23.8 Å². The summed E-state index contributed by atoms with van der Waals surface area (Å²) in [5.74, 6) is 0.139. The summed E-state index contributed by atoms with van der Waals surface area (Å²) in [5.41, 5.74) is 3.19. The predicted molar refractivity (Wildman–Crippen MR) is 113 cm³/mol. The number of hydrogen-bond acceptors (Lipinski definition) is 3. The minimum Gasteiger partial charge on any atom is -0.338 e. The van der Waals surface area contributed by atoms with Gasteiger partial charge >= 0.3 is 0 Å². The van der Waals surface area contributed by atoms with Crippen molar-refractivity contribution in [2.75, 3.05) is 18.4 Å². The van der Waals surface area contributed by atoms with Gasteiger partial charge in [-0.1, -0.05) is 29.8 Å². The monoisotopic (exact) mass is 408 g/mol. The van der Waals surface area contributed by atoms with Crippen LogP contribution in [-0.2, 0) is 4.79 Å². The van der Waals surface area contributed by atoms with Gasteiger partial charge in [0, 0.05) is 36.5 Å². The van der Waals surface area contributed by atoms with E-state index in [9.17, 15) is 9.59 Å². The zero-order valence-corrected chi connectivity index (χ0v) is 16.8. The smallest absolute Gasteiger partial charge is 0.253 e. The predicted octanol–water partition coefficient (Wildman–Crippen LogP) is 4.11. The third-order valence-corrected chi connectivity index (χ3v) is 5.45. The molecule has 2 amide bonds. The number of amides is 2. The van der Waals surface area contributed by atoms with Gasteiger partial charge in [-0.2, -0.15) is 5.10 Å². The second-order valence-electron chi connectivity index (χ2n) is 7.16. The average Bonchev–Trinajstić information content (AvgIpc) is 3.37. The van der Waals surface area contributed by atoms with Crippen LogP contribution in [-0.4, -0.2) is 39.6 Å². The first kappa shape index (κ1) is 19.2. The Labute approximate surface area is 174 Å². The summed E-state index contributed by atoms with van der Waals surface area (Å²) in [7, 11) is 0. The highest BCUT2D eigenvalue weighted by molar-refractivity contribution is 6.31. The Kier molecular flexibility index (Phi) is 5.36. The average molecular weight is 409 g/mol. The molecule has 148 valence electrons. The molecule has 1 aliphatic heterocycles. The number of nitrogens with one attached hydrogen (secondary N) is 1. The molecule has 0 bridgehead atoms. The summed E-state index contributed by atoms with van der Waals surface area (Å²) in [6, 6.07) is 15.1. The molecule has 4 rings (SSSR count). The highest BCUT2D eigenvalue weighted by Crippen LogP contribution is 2.32. The quantitative estimate of drug-likeness (QED) is 0.706. The maximum absolute atomic E-state index is 12.9. The van der Waals surface area contributed by atoms with Gasteiger partial charge in [0.15, 0.2) is 0 Å².